The molecule has 2 aromatic carbocycles. The maximum absolute atomic E-state index is 10.9. The summed E-state index contributed by atoms with van der Waals surface area (Å²) in [4.78, 5) is 13.3. The molecular weight excluding hydrogens is 348 g/mol. The van der Waals surface area contributed by atoms with Crippen LogP contribution in [0, 0.1) is 16.0 Å². The van der Waals surface area contributed by atoms with Gasteiger partial charge in [0.1, 0.15) is 0 Å². The molecule has 2 aromatic rings. The van der Waals surface area contributed by atoms with E-state index in [0.717, 1.165) is 18.9 Å². The van der Waals surface area contributed by atoms with Gasteiger partial charge in [-0.2, -0.15) is 0 Å². The van der Waals surface area contributed by atoms with Crippen molar-refractivity contribution in [3.8, 4) is 0 Å². The number of hydrogen-bond acceptors (Lipinski definition) is 3. The Morgan fingerprint density at radius 3 is 2.71 bits per heavy atom. The van der Waals surface area contributed by atoms with E-state index in [9.17, 15) is 10.1 Å². The summed E-state index contributed by atoms with van der Waals surface area (Å²) < 4.78 is 0. The zero-order valence-electron chi connectivity index (χ0n) is 16.3. The van der Waals surface area contributed by atoms with Crippen molar-refractivity contribution in [1.29, 1.82) is 0 Å². The summed E-state index contributed by atoms with van der Waals surface area (Å²) in [6, 6.07) is 17.0. The summed E-state index contributed by atoms with van der Waals surface area (Å²) in [6.45, 7) is 2.24. The normalized spacial score (nSPS) is 29.0. The zero-order chi connectivity index (χ0) is 19.1. The van der Waals surface area contributed by atoms with Crippen LogP contribution in [0.3, 0.4) is 0 Å². The second-order valence-electron chi connectivity index (χ2n) is 8.90. The molecule has 5 rings (SSSR count). The van der Waals surface area contributed by atoms with Gasteiger partial charge in [0.2, 0.25) is 0 Å². The minimum atomic E-state index is -0.323. The van der Waals surface area contributed by atoms with Crippen LogP contribution in [0.5, 0.6) is 0 Å². The van der Waals surface area contributed by atoms with Crippen molar-refractivity contribution >= 4 is 5.69 Å². The SMILES string of the molecule is O=[N+]([O-])c1ccc(CCN2CC[C@@]34CCCC[C@H]3[C@H]2Cc2ccccc24)cc1. The zero-order valence-corrected chi connectivity index (χ0v) is 16.3. The lowest BCUT2D eigenvalue weighted by Gasteiger charge is -2.59. The highest BCUT2D eigenvalue weighted by atomic mass is 16.6. The molecule has 1 saturated carbocycles. The molecule has 1 saturated heterocycles. The minimum absolute atomic E-state index is 0.178. The van der Waals surface area contributed by atoms with Crippen molar-refractivity contribution < 1.29 is 4.92 Å². The van der Waals surface area contributed by atoms with Crippen molar-refractivity contribution in [2.24, 2.45) is 5.92 Å². The maximum atomic E-state index is 10.9. The highest BCUT2D eigenvalue weighted by Gasteiger charge is 2.53. The highest BCUT2D eigenvalue weighted by Crippen LogP contribution is 2.55. The number of likely N-dealkylation sites (tertiary alicyclic amines) is 1. The van der Waals surface area contributed by atoms with Crippen molar-refractivity contribution in [2.45, 2.75) is 56.4 Å². The Balaban J connectivity index is 1.36. The van der Waals surface area contributed by atoms with Crippen LogP contribution in [0.1, 0.15) is 48.8 Å². The second-order valence-corrected chi connectivity index (χ2v) is 8.90. The van der Waals surface area contributed by atoms with E-state index in [-0.39, 0.29) is 10.6 Å². The van der Waals surface area contributed by atoms with Gasteiger partial charge >= 0.3 is 0 Å². The first-order valence-corrected chi connectivity index (χ1v) is 10.7. The number of nitro benzene ring substituents is 1. The van der Waals surface area contributed by atoms with E-state index in [2.05, 4.69) is 29.2 Å². The first-order chi connectivity index (χ1) is 13.7. The van der Waals surface area contributed by atoms with Gasteiger partial charge in [-0.05, 0) is 61.3 Å². The van der Waals surface area contributed by atoms with Crippen LogP contribution < -0.4 is 0 Å². The third-order valence-electron chi connectivity index (χ3n) is 7.69. The lowest BCUT2D eigenvalue weighted by molar-refractivity contribution is -0.384. The summed E-state index contributed by atoms with van der Waals surface area (Å²) in [5, 5.41) is 10.9. The van der Waals surface area contributed by atoms with Crippen LogP contribution >= 0.6 is 0 Å². The molecule has 0 unspecified atom stereocenters. The molecule has 1 aliphatic heterocycles. The Hall–Kier alpha value is -2.20. The topological polar surface area (TPSA) is 46.4 Å². The molecule has 3 aliphatic rings. The fourth-order valence-corrected chi connectivity index (χ4v) is 6.39. The van der Waals surface area contributed by atoms with Crippen molar-refractivity contribution in [2.75, 3.05) is 13.1 Å². The van der Waals surface area contributed by atoms with Gasteiger partial charge in [0, 0.05) is 30.1 Å². The Morgan fingerprint density at radius 1 is 1.07 bits per heavy atom. The molecular formula is C24H28N2O2. The van der Waals surface area contributed by atoms with E-state index >= 15 is 0 Å². The van der Waals surface area contributed by atoms with Gasteiger partial charge in [-0.1, -0.05) is 49.2 Å². The molecule has 146 valence electrons. The van der Waals surface area contributed by atoms with E-state index in [1.54, 1.807) is 23.3 Å². The predicted molar refractivity (Wildman–Crippen MR) is 111 cm³/mol. The Morgan fingerprint density at radius 2 is 1.89 bits per heavy atom. The number of benzene rings is 2. The fourth-order valence-electron chi connectivity index (χ4n) is 6.39. The molecule has 2 aliphatic carbocycles. The molecule has 0 N–H and O–H groups in total. The molecule has 2 bridgehead atoms. The van der Waals surface area contributed by atoms with Crippen LogP contribution in [0.15, 0.2) is 48.5 Å². The minimum Gasteiger partial charge on any atom is -0.299 e. The summed E-state index contributed by atoms with van der Waals surface area (Å²) >= 11 is 0. The third-order valence-corrected chi connectivity index (χ3v) is 7.69. The fraction of sp³-hybridized carbons (Fsp3) is 0.500. The molecule has 3 atom stereocenters. The van der Waals surface area contributed by atoms with Crippen molar-refractivity contribution in [3.05, 3.63) is 75.3 Å². The monoisotopic (exact) mass is 376 g/mol. The molecule has 4 heteroatoms. The molecule has 0 aromatic heterocycles. The van der Waals surface area contributed by atoms with Gasteiger partial charge in [0.05, 0.1) is 4.92 Å². The van der Waals surface area contributed by atoms with Crippen molar-refractivity contribution in [3.63, 3.8) is 0 Å². The number of nitro groups is 1. The molecule has 1 heterocycles. The van der Waals surface area contributed by atoms with E-state index in [1.807, 2.05) is 12.1 Å². The third kappa shape index (κ3) is 2.86. The van der Waals surface area contributed by atoms with Gasteiger partial charge in [-0.25, -0.2) is 0 Å². The van der Waals surface area contributed by atoms with E-state index in [1.165, 1.54) is 50.6 Å². The van der Waals surface area contributed by atoms with Gasteiger partial charge in [-0.3, -0.25) is 15.0 Å². The first-order valence-electron chi connectivity index (χ1n) is 10.7. The largest absolute Gasteiger partial charge is 0.299 e. The predicted octanol–water partition coefficient (Wildman–Crippen LogP) is 4.90. The summed E-state index contributed by atoms with van der Waals surface area (Å²) in [7, 11) is 0. The molecule has 4 nitrogen and oxygen atoms in total. The van der Waals surface area contributed by atoms with Crippen LogP contribution in [-0.2, 0) is 18.3 Å². The van der Waals surface area contributed by atoms with Gasteiger partial charge in [-0.15, -0.1) is 0 Å². The molecule has 28 heavy (non-hydrogen) atoms. The number of fused-ring (bicyclic) bond motifs is 1. The van der Waals surface area contributed by atoms with Crippen LogP contribution in [0.2, 0.25) is 0 Å². The standard InChI is InChI=1S/C24H28N2O2/c27-26(28)20-10-8-18(9-11-20)12-15-25-16-14-24-13-4-3-7-22(24)23(25)17-19-5-1-2-6-21(19)24/h1-2,5-6,8-11,22-23H,3-4,7,12-17H2/t22-,23+,24+/m0/s1. The van der Waals surface area contributed by atoms with Gasteiger partial charge < -0.3 is 0 Å². The lowest BCUT2D eigenvalue weighted by Crippen LogP contribution is -2.61. The number of rotatable bonds is 4. The smallest absolute Gasteiger partial charge is 0.269 e. The van der Waals surface area contributed by atoms with Gasteiger partial charge in [0.25, 0.3) is 5.69 Å². The first kappa shape index (κ1) is 17.9. The average molecular weight is 376 g/mol. The Kier molecular flexibility index (Phi) is 4.47. The summed E-state index contributed by atoms with van der Waals surface area (Å²) in [5.74, 6) is 0.793. The molecule has 0 radical (unpaired) electrons. The van der Waals surface area contributed by atoms with E-state index < -0.39 is 0 Å². The number of hydrogen-bond donors (Lipinski definition) is 0. The summed E-state index contributed by atoms with van der Waals surface area (Å²) in [5.41, 5.74) is 5.03. The van der Waals surface area contributed by atoms with Crippen LogP contribution in [0.25, 0.3) is 0 Å². The van der Waals surface area contributed by atoms with Crippen molar-refractivity contribution in [1.82, 2.24) is 4.90 Å². The van der Waals surface area contributed by atoms with Crippen LogP contribution in [-0.4, -0.2) is 29.0 Å². The number of non-ortho nitro benzene ring substituents is 1. The van der Waals surface area contributed by atoms with Gasteiger partial charge in [0.15, 0.2) is 0 Å². The van der Waals surface area contributed by atoms with E-state index in [4.69, 9.17) is 0 Å². The second kappa shape index (κ2) is 7.00. The maximum Gasteiger partial charge on any atom is 0.269 e. The average Bonchev–Trinajstić information content (AvgIpc) is 2.73. The number of piperidine rings is 1. The van der Waals surface area contributed by atoms with Crippen LogP contribution in [0.4, 0.5) is 5.69 Å². The highest BCUT2D eigenvalue weighted by molar-refractivity contribution is 5.41. The molecule has 0 spiro atoms. The Bertz CT molecular complexity index is 878. The quantitative estimate of drug-likeness (QED) is 0.563. The van der Waals surface area contributed by atoms with E-state index in [0.29, 0.717) is 11.5 Å². The molecule has 0 amide bonds. The summed E-state index contributed by atoms with van der Waals surface area (Å²) in [6.07, 6.45) is 8.92. The number of nitrogens with zero attached hydrogens (tertiary/aromatic N) is 2. The lowest BCUT2D eigenvalue weighted by atomic mass is 9.52. The molecule has 2 fully saturated rings. The Labute approximate surface area is 166 Å².